The van der Waals surface area contributed by atoms with Gasteiger partial charge in [-0.3, -0.25) is 4.98 Å². The van der Waals surface area contributed by atoms with Crippen molar-refractivity contribution in [2.45, 2.75) is 32.4 Å². The van der Waals surface area contributed by atoms with E-state index in [4.69, 9.17) is 0 Å². The fourth-order valence-electron chi connectivity index (χ4n) is 3.05. The van der Waals surface area contributed by atoms with Crippen LogP contribution in [0.3, 0.4) is 0 Å². The Labute approximate surface area is 170 Å². The van der Waals surface area contributed by atoms with Crippen LogP contribution in [0.2, 0.25) is 0 Å². The number of fused-ring (bicyclic) bond motifs is 1. The second-order valence-corrected chi connectivity index (χ2v) is 7.37. The standard InChI is InChI=1S/C20H20N8O2/c1-11-2-4-12(5-3-11)9-21-18-25-16-13(8-15-17(29)26-20(30)24-15)10-22-28(16)19(27-18)23-14-6-7-14/h2-5,8,10,14,29H,6-7,9H2,1H3,(H,21,23,27)(H2,24,26,30). The van der Waals surface area contributed by atoms with E-state index in [0.29, 0.717) is 29.0 Å². The van der Waals surface area contributed by atoms with Crippen LogP contribution in [0.5, 0.6) is 5.88 Å². The van der Waals surface area contributed by atoms with Gasteiger partial charge in [-0.2, -0.15) is 19.6 Å². The first-order chi connectivity index (χ1) is 14.5. The summed E-state index contributed by atoms with van der Waals surface area (Å²) in [6.45, 7) is 2.62. The van der Waals surface area contributed by atoms with Crippen molar-refractivity contribution in [1.82, 2.24) is 29.5 Å². The number of rotatable bonds is 5. The molecule has 10 heteroatoms. The summed E-state index contributed by atoms with van der Waals surface area (Å²) in [4.78, 5) is 30.0. The first-order valence-electron chi connectivity index (χ1n) is 9.67. The van der Waals surface area contributed by atoms with Crippen LogP contribution in [-0.4, -0.2) is 40.7 Å². The number of nitrogens with zero attached hydrogens (tertiary/aromatic N) is 5. The Bertz CT molecular complexity index is 1390. The molecular weight excluding hydrogens is 384 g/mol. The van der Waals surface area contributed by atoms with Crippen LogP contribution in [-0.2, 0) is 6.54 Å². The van der Waals surface area contributed by atoms with Crippen LogP contribution >= 0.6 is 0 Å². The second kappa shape index (κ2) is 7.14. The third kappa shape index (κ3) is 3.66. The van der Waals surface area contributed by atoms with Crippen LogP contribution in [0.25, 0.3) is 11.7 Å². The number of aromatic hydroxyl groups is 1. The fourth-order valence-corrected chi connectivity index (χ4v) is 3.05. The van der Waals surface area contributed by atoms with Gasteiger partial charge >= 0.3 is 5.69 Å². The Morgan fingerprint density at radius 3 is 2.77 bits per heavy atom. The third-order valence-corrected chi connectivity index (χ3v) is 4.83. The predicted octanol–water partition coefficient (Wildman–Crippen LogP) is 0.378. The summed E-state index contributed by atoms with van der Waals surface area (Å²) in [5.74, 6) is 0.193. The number of hydrogen-bond acceptors (Lipinski definition) is 7. The Morgan fingerprint density at radius 2 is 2.07 bits per heavy atom. The van der Waals surface area contributed by atoms with Gasteiger partial charge in [-0.15, -0.1) is 0 Å². The van der Waals surface area contributed by atoms with Crippen molar-refractivity contribution in [3.63, 3.8) is 0 Å². The predicted molar refractivity (Wildman–Crippen MR) is 110 cm³/mol. The normalized spacial score (nSPS) is 15.2. The van der Waals surface area contributed by atoms with Crippen molar-refractivity contribution in [2.24, 2.45) is 4.99 Å². The molecule has 0 saturated heterocycles. The third-order valence-electron chi connectivity index (χ3n) is 4.83. The van der Waals surface area contributed by atoms with Crippen molar-refractivity contribution in [1.29, 1.82) is 0 Å². The average Bonchev–Trinajstić information content (AvgIpc) is 3.36. The maximum atomic E-state index is 11.4. The molecule has 0 spiro atoms. The molecule has 4 aromatic rings. The molecule has 3 aromatic heterocycles. The molecular formula is C20H20N8O2. The van der Waals surface area contributed by atoms with Crippen LogP contribution in [0.4, 0.5) is 5.95 Å². The zero-order valence-electron chi connectivity index (χ0n) is 16.3. The summed E-state index contributed by atoms with van der Waals surface area (Å²) in [5.41, 5.74) is 3.07. The molecule has 3 heterocycles. The van der Waals surface area contributed by atoms with Gasteiger partial charge in [0.1, 0.15) is 5.69 Å². The molecule has 30 heavy (non-hydrogen) atoms. The Balaban J connectivity index is 1.58. The quantitative estimate of drug-likeness (QED) is 0.380. The number of anilines is 1. The van der Waals surface area contributed by atoms with E-state index in [2.05, 4.69) is 59.6 Å². The summed E-state index contributed by atoms with van der Waals surface area (Å²) in [6.07, 6.45) is 5.28. The Morgan fingerprint density at radius 1 is 1.27 bits per heavy atom. The molecule has 0 amide bonds. The van der Waals surface area contributed by atoms with Gasteiger partial charge in [-0.25, -0.2) is 9.79 Å². The lowest BCUT2D eigenvalue weighted by atomic mass is 10.1. The maximum absolute atomic E-state index is 11.4. The van der Waals surface area contributed by atoms with Crippen LogP contribution in [0.15, 0.2) is 40.2 Å². The van der Waals surface area contributed by atoms with Crippen LogP contribution in [0, 0.1) is 6.92 Å². The van der Waals surface area contributed by atoms with Gasteiger partial charge in [0, 0.05) is 11.8 Å². The largest absolute Gasteiger partial charge is 0.493 e. The molecule has 1 aliphatic rings. The number of imidazole rings is 1. The smallest absolute Gasteiger partial charge is 0.326 e. The highest BCUT2D eigenvalue weighted by molar-refractivity contribution is 5.57. The lowest BCUT2D eigenvalue weighted by Gasteiger charge is -2.06. The summed E-state index contributed by atoms with van der Waals surface area (Å²) in [5, 5.41) is 18.1. The number of aromatic amines is 2. The summed E-state index contributed by atoms with van der Waals surface area (Å²) >= 11 is 0. The molecule has 1 saturated carbocycles. The molecule has 0 atom stereocenters. The van der Waals surface area contributed by atoms with Gasteiger partial charge < -0.3 is 15.4 Å². The highest BCUT2D eigenvalue weighted by Gasteiger charge is 2.21. The minimum absolute atomic E-state index is 0.242. The summed E-state index contributed by atoms with van der Waals surface area (Å²) < 4.78 is 1.57. The fraction of sp³-hybridized carbons (Fsp3) is 0.250. The van der Waals surface area contributed by atoms with Crippen LogP contribution in [0.1, 0.15) is 29.7 Å². The lowest BCUT2D eigenvalue weighted by molar-refractivity contribution is 0.454. The maximum Gasteiger partial charge on any atom is 0.326 e. The monoisotopic (exact) mass is 404 g/mol. The Kier molecular flexibility index (Phi) is 4.31. The molecule has 152 valence electrons. The molecule has 0 unspecified atom stereocenters. The lowest BCUT2D eigenvalue weighted by Crippen LogP contribution is -2.24. The van der Waals surface area contributed by atoms with Gasteiger partial charge in [0.05, 0.1) is 12.2 Å². The molecule has 1 aliphatic carbocycles. The molecule has 4 N–H and O–H groups in total. The van der Waals surface area contributed by atoms with E-state index in [1.807, 2.05) is 6.92 Å². The van der Waals surface area contributed by atoms with E-state index >= 15 is 0 Å². The van der Waals surface area contributed by atoms with E-state index in [1.165, 1.54) is 5.56 Å². The SMILES string of the molecule is Cc1ccc(CNc2nc(=NC3CC3)n3ncc(=Cc4[nH]c(=O)[nH]c4O)c3n2)cc1. The van der Waals surface area contributed by atoms with Gasteiger partial charge in [0.25, 0.3) is 5.62 Å². The second-order valence-electron chi connectivity index (χ2n) is 7.37. The first kappa shape index (κ1) is 18.1. The van der Waals surface area contributed by atoms with Gasteiger partial charge in [-0.05, 0) is 31.4 Å². The molecule has 1 fully saturated rings. The number of nitrogens with one attached hydrogen (secondary N) is 3. The van der Waals surface area contributed by atoms with E-state index < -0.39 is 5.69 Å². The number of hydrogen-bond donors (Lipinski definition) is 4. The minimum atomic E-state index is -0.491. The molecule has 10 nitrogen and oxygen atoms in total. The molecule has 1 aromatic carbocycles. The van der Waals surface area contributed by atoms with Crippen molar-refractivity contribution < 1.29 is 5.11 Å². The highest BCUT2D eigenvalue weighted by Crippen LogP contribution is 2.22. The number of H-pyrrole nitrogens is 2. The van der Waals surface area contributed by atoms with E-state index in [-0.39, 0.29) is 17.6 Å². The van der Waals surface area contributed by atoms with Gasteiger partial charge in [0.15, 0.2) is 5.65 Å². The number of aryl methyl sites for hydroxylation is 1. The van der Waals surface area contributed by atoms with Crippen LogP contribution < -0.4 is 21.8 Å². The van der Waals surface area contributed by atoms with Crippen molar-refractivity contribution in [2.75, 3.05) is 5.32 Å². The number of aromatic nitrogens is 6. The zero-order valence-corrected chi connectivity index (χ0v) is 16.3. The highest BCUT2D eigenvalue weighted by atomic mass is 16.3. The van der Waals surface area contributed by atoms with Crippen molar-refractivity contribution in [3.05, 3.63) is 68.6 Å². The average molecular weight is 404 g/mol. The molecule has 0 aliphatic heterocycles. The van der Waals surface area contributed by atoms with E-state index in [0.717, 1.165) is 18.4 Å². The zero-order chi connectivity index (χ0) is 20.7. The van der Waals surface area contributed by atoms with Gasteiger partial charge in [-0.1, -0.05) is 29.8 Å². The number of benzene rings is 1. The topological polar surface area (TPSA) is 136 Å². The van der Waals surface area contributed by atoms with E-state index in [1.54, 1.807) is 16.8 Å². The van der Waals surface area contributed by atoms with Crippen molar-refractivity contribution >= 4 is 17.7 Å². The molecule has 0 radical (unpaired) electrons. The molecule has 5 rings (SSSR count). The summed E-state index contributed by atoms with van der Waals surface area (Å²) in [6, 6.07) is 8.49. The molecule has 0 bridgehead atoms. The van der Waals surface area contributed by atoms with Crippen molar-refractivity contribution in [3.8, 4) is 5.88 Å². The summed E-state index contributed by atoms with van der Waals surface area (Å²) in [7, 11) is 0. The Hall–Kier alpha value is -3.95. The minimum Gasteiger partial charge on any atom is -0.493 e. The van der Waals surface area contributed by atoms with E-state index in [9.17, 15) is 9.90 Å². The first-order valence-corrected chi connectivity index (χ1v) is 9.67. The van der Waals surface area contributed by atoms with Gasteiger partial charge in [0.2, 0.25) is 11.8 Å².